The number of methoxy groups -OCH3 is 2. The molecule has 0 bridgehead atoms. The molecule has 0 aliphatic carbocycles. The summed E-state index contributed by atoms with van der Waals surface area (Å²) in [5, 5.41) is 0. The van der Waals surface area contributed by atoms with E-state index in [-0.39, 0.29) is 0 Å². The standard InChI is InChI=1S/C9H12N2O3/c1-13-8-5-3-7(4-6-8)10-11-9(12)14-2/h3-6,10H,1-2H3,(H,11,12). The second-order valence-corrected chi connectivity index (χ2v) is 2.47. The molecule has 0 heterocycles. The molecule has 0 aliphatic rings. The molecule has 2 N–H and O–H groups in total. The van der Waals surface area contributed by atoms with Crippen molar-refractivity contribution >= 4 is 11.8 Å². The zero-order valence-electron chi connectivity index (χ0n) is 8.03. The minimum absolute atomic E-state index is 0.541. The number of benzene rings is 1. The molecular formula is C9H12N2O3. The average Bonchev–Trinajstić information content (AvgIpc) is 2.26. The van der Waals surface area contributed by atoms with E-state index in [1.165, 1.54) is 7.11 Å². The third-order valence-corrected chi connectivity index (χ3v) is 1.58. The summed E-state index contributed by atoms with van der Waals surface area (Å²) in [5.74, 6) is 0.758. The van der Waals surface area contributed by atoms with E-state index in [2.05, 4.69) is 15.6 Å². The van der Waals surface area contributed by atoms with Crippen molar-refractivity contribution in [2.75, 3.05) is 19.6 Å². The summed E-state index contributed by atoms with van der Waals surface area (Å²) >= 11 is 0. The number of carbonyl (C=O) groups excluding carboxylic acids is 1. The number of hydrogen-bond donors (Lipinski definition) is 2. The first-order valence-corrected chi connectivity index (χ1v) is 4.00. The maximum absolute atomic E-state index is 10.7. The van der Waals surface area contributed by atoms with Crippen molar-refractivity contribution in [1.29, 1.82) is 0 Å². The Labute approximate surface area is 82.0 Å². The number of amides is 1. The van der Waals surface area contributed by atoms with E-state index in [0.29, 0.717) is 0 Å². The minimum Gasteiger partial charge on any atom is -0.497 e. The molecule has 76 valence electrons. The first kappa shape index (κ1) is 10.2. The Bertz CT molecular complexity index is 297. The van der Waals surface area contributed by atoms with Gasteiger partial charge in [-0.3, -0.25) is 5.43 Å². The maximum atomic E-state index is 10.7. The molecule has 0 unspecified atom stereocenters. The molecule has 5 heteroatoms. The fourth-order valence-corrected chi connectivity index (χ4v) is 0.849. The van der Waals surface area contributed by atoms with Crippen LogP contribution in [-0.4, -0.2) is 20.3 Å². The Balaban J connectivity index is 2.47. The molecule has 0 aromatic heterocycles. The molecule has 0 radical (unpaired) electrons. The predicted molar refractivity (Wildman–Crippen MR) is 52.2 cm³/mol. The summed E-state index contributed by atoms with van der Waals surface area (Å²) < 4.78 is 9.36. The van der Waals surface area contributed by atoms with Crippen molar-refractivity contribution in [3.8, 4) is 5.75 Å². The summed E-state index contributed by atoms with van der Waals surface area (Å²) in [5.41, 5.74) is 5.75. The second kappa shape index (κ2) is 4.96. The van der Waals surface area contributed by atoms with Gasteiger partial charge in [0.25, 0.3) is 0 Å². The van der Waals surface area contributed by atoms with Gasteiger partial charge in [-0.25, -0.2) is 10.2 Å². The van der Waals surface area contributed by atoms with Crippen molar-refractivity contribution in [2.45, 2.75) is 0 Å². The second-order valence-electron chi connectivity index (χ2n) is 2.47. The Hall–Kier alpha value is -1.91. The molecule has 14 heavy (non-hydrogen) atoms. The fraction of sp³-hybridized carbons (Fsp3) is 0.222. The van der Waals surface area contributed by atoms with E-state index in [0.717, 1.165) is 11.4 Å². The van der Waals surface area contributed by atoms with Crippen LogP contribution in [0.15, 0.2) is 24.3 Å². The quantitative estimate of drug-likeness (QED) is 0.717. The van der Waals surface area contributed by atoms with Gasteiger partial charge in [0.1, 0.15) is 5.75 Å². The van der Waals surface area contributed by atoms with Crippen LogP contribution in [0.25, 0.3) is 0 Å². The van der Waals surface area contributed by atoms with Crippen LogP contribution in [0.3, 0.4) is 0 Å². The molecule has 1 rings (SSSR count). The van der Waals surface area contributed by atoms with E-state index in [1.807, 2.05) is 0 Å². The number of anilines is 1. The Morgan fingerprint density at radius 3 is 2.36 bits per heavy atom. The zero-order chi connectivity index (χ0) is 10.4. The summed E-state index contributed by atoms with van der Waals surface area (Å²) in [6.07, 6.45) is -0.541. The molecule has 0 aliphatic heterocycles. The lowest BCUT2D eigenvalue weighted by Crippen LogP contribution is -2.28. The summed E-state index contributed by atoms with van der Waals surface area (Å²) in [4.78, 5) is 10.7. The smallest absolute Gasteiger partial charge is 0.425 e. The SMILES string of the molecule is COC(=O)NNc1ccc(OC)cc1. The summed E-state index contributed by atoms with van der Waals surface area (Å²) in [7, 11) is 2.89. The van der Waals surface area contributed by atoms with Gasteiger partial charge in [0.2, 0.25) is 0 Å². The topological polar surface area (TPSA) is 59.6 Å². The number of ether oxygens (including phenoxy) is 2. The summed E-state index contributed by atoms with van der Waals surface area (Å²) in [6, 6.07) is 7.10. The van der Waals surface area contributed by atoms with Crippen LogP contribution in [0.1, 0.15) is 0 Å². The Morgan fingerprint density at radius 2 is 1.86 bits per heavy atom. The van der Waals surface area contributed by atoms with Crippen LogP contribution in [0.5, 0.6) is 5.75 Å². The largest absolute Gasteiger partial charge is 0.497 e. The van der Waals surface area contributed by atoms with Crippen LogP contribution < -0.4 is 15.6 Å². The van der Waals surface area contributed by atoms with Crippen LogP contribution in [0, 0.1) is 0 Å². The average molecular weight is 196 g/mol. The predicted octanol–water partition coefficient (Wildman–Crippen LogP) is 1.38. The minimum atomic E-state index is -0.541. The third-order valence-electron chi connectivity index (χ3n) is 1.58. The lowest BCUT2D eigenvalue weighted by Gasteiger charge is -2.07. The van der Waals surface area contributed by atoms with Crippen LogP contribution in [0.4, 0.5) is 10.5 Å². The van der Waals surface area contributed by atoms with Gasteiger partial charge in [-0.15, -0.1) is 0 Å². The first-order valence-electron chi connectivity index (χ1n) is 4.00. The lowest BCUT2D eigenvalue weighted by molar-refractivity contribution is 0.173. The molecule has 0 spiro atoms. The Kier molecular flexibility index (Phi) is 3.60. The molecular weight excluding hydrogens is 184 g/mol. The fourth-order valence-electron chi connectivity index (χ4n) is 0.849. The zero-order valence-corrected chi connectivity index (χ0v) is 8.03. The Morgan fingerprint density at radius 1 is 1.21 bits per heavy atom. The number of hydrazine groups is 1. The lowest BCUT2D eigenvalue weighted by atomic mass is 10.3. The van der Waals surface area contributed by atoms with Crippen molar-refractivity contribution in [3.05, 3.63) is 24.3 Å². The van der Waals surface area contributed by atoms with Gasteiger partial charge in [-0.05, 0) is 24.3 Å². The highest BCUT2D eigenvalue weighted by molar-refractivity contribution is 5.69. The van der Waals surface area contributed by atoms with E-state index in [4.69, 9.17) is 4.74 Å². The van der Waals surface area contributed by atoms with Gasteiger partial charge < -0.3 is 9.47 Å². The highest BCUT2D eigenvalue weighted by atomic mass is 16.5. The molecule has 0 saturated carbocycles. The van der Waals surface area contributed by atoms with E-state index in [9.17, 15) is 4.79 Å². The van der Waals surface area contributed by atoms with Gasteiger partial charge in [0, 0.05) is 0 Å². The van der Waals surface area contributed by atoms with Gasteiger partial charge >= 0.3 is 6.09 Å². The first-order chi connectivity index (χ1) is 6.76. The number of hydrogen-bond acceptors (Lipinski definition) is 4. The van der Waals surface area contributed by atoms with E-state index >= 15 is 0 Å². The van der Waals surface area contributed by atoms with Gasteiger partial charge in [-0.1, -0.05) is 0 Å². The van der Waals surface area contributed by atoms with E-state index < -0.39 is 6.09 Å². The van der Waals surface area contributed by atoms with Gasteiger partial charge in [0.15, 0.2) is 0 Å². The van der Waals surface area contributed by atoms with Crippen LogP contribution >= 0.6 is 0 Å². The van der Waals surface area contributed by atoms with Crippen molar-refractivity contribution in [3.63, 3.8) is 0 Å². The number of nitrogens with one attached hydrogen (secondary N) is 2. The molecule has 0 fully saturated rings. The van der Waals surface area contributed by atoms with Gasteiger partial charge in [-0.2, -0.15) is 0 Å². The molecule has 1 aromatic carbocycles. The molecule has 5 nitrogen and oxygen atoms in total. The molecule has 0 atom stereocenters. The molecule has 0 saturated heterocycles. The van der Waals surface area contributed by atoms with Crippen LogP contribution in [0.2, 0.25) is 0 Å². The highest BCUT2D eigenvalue weighted by Crippen LogP contribution is 2.13. The van der Waals surface area contributed by atoms with E-state index in [1.54, 1.807) is 31.4 Å². The third kappa shape index (κ3) is 2.85. The number of rotatable bonds is 3. The summed E-state index contributed by atoms with van der Waals surface area (Å²) in [6.45, 7) is 0. The van der Waals surface area contributed by atoms with Crippen molar-refractivity contribution in [1.82, 2.24) is 5.43 Å². The van der Waals surface area contributed by atoms with Crippen LogP contribution in [-0.2, 0) is 4.74 Å². The molecule has 1 amide bonds. The van der Waals surface area contributed by atoms with Crippen molar-refractivity contribution in [2.24, 2.45) is 0 Å². The maximum Gasteiger partial charge on any atom is 0.425 e. The number of carbonyl (C=O) groups is 1. The normalized spacial score (nSPS) is 9.00. The monoisotopic (exact) mass is 196 g/mol. The molecule has 1 aromatic rings. The highest BCUT2D eigenvalue weighted by Gasteiger charge is 1.97. The van der Waals surface area contributed by atoms with Gasteiger partial charge in [0.05, 0.1) is 19.9 Å². The van der Waals surface area contributed by atoms with Crippen molar-refractivity contribution < 1.29 is 14.3 Å².